The van der Waals surface area contributed by atoms with E-state index in [1.807, 2.05) is 43.3 Å². The highest BCUT2D eigenvalue weighted by Crippen LogP contribution is 2.41. The van der Waals surface area contributed by atoms with E-state index in [2.05, 4.69) is 21.8 Å². The maximum absolute atomic E-state index is 12.8. The van der Waals surface area contributed by atoms with E-state index in [0.717, 1.165) is 22.4 Å². The molecule has 138 valence electrons. The third-order valence-corrected chi connectivity index (χ3v) is 7.47. The predicted octanol–water partition coefficient (Wildman–Crippen LogP) is 3.97. The molecule has 0 saturated carbocycles. The van der Waals surface area contributed by atoms with Crippen molar-refractivity contribution in [2.45, 2.75) is 34.5 Å². The fraction of sp³-hybridized carbons (Fsp3) is 0.190. The lowest BCUT2D eigenvalue weighted by molar-refractivity contribution is 0.580. The van der Waals surface area contributed by atoms with E-state index in [1.165, 1.54) is 16.0 Å². The molecule has 4 nitrogen and oxygen atoms in total. The second-order valence-electron chi connectivity index (χ2n) is 6.62. The highest BCUT2D eigenvalue weighted by atomic mass is 32.2. The summed E-state index contributed by atoms with van der Waals surface area (Å²) in [6.07, 6.45) is 4.92. The SMILES string of the molecule is Cc1cc2c(cc1S(=O)(=O)NCCc1cccnc1)Sc1ccccc1C2. The second-order valence-corrected chi connectivity index (χ2v) is 9.44. The third kappa shape index (κ3) is 3.93. The summed E-state index contributed by atoms with van der Waals surface area (Å²) in [5.74, 6) is 0. The monoisotopic (exact) mass is 396 g/mol. The number of pyridine rings is 1. The van der Waals surface area contributed by atoms with Crippen LogP contribution in [0.25, 0.3) is 0 Å². The summed E-state index contributed by atoms with van der Waals surface area (Å²) in [5, 5.41) is 0. The minimum atomic E-state index is -3.56. The Morgan fingerprint density at radius 3 is 2.74 bits per heavy atom. The maximum Gasteiger partial charge on any atom is 0.240 e. The number of aryl methyl sites for hydroxylation is 1. The molecule has 1 N–H and O–H groups in total. The lowest BCUT2D eigenvalue weighted by Crippen LogP contribution is -2.27. The number of rotatable bonds is 5. The molecule has 1 aromatic heterocycles. The van der Waals surface area contributed by atoms with Crippen molar-refractivity contribution >= 4 is 21.8 Å². The van der Waals surface area contributed by atoms with Crippen molar-refractivity contribution in [2.24, 2.45) is 0 Å². The van der Waals surface area contributed by atoms with E-state index < -0.39 is 10.0 Å². The van der Waals surface area contributed by atoms with Crippen LogP contribution in [0.5, 0.6) is 0 Å². The highest BCUT2D eigenvalue weighted by Gasteiger charge is 2.22. The molecule has 2 heterocycles. The zero-order valence-electron chi connectivity index (χ0n) is 15.0. The zero-order valence-corrected chi connectivity index (χ0v) is 16.6. The Hall–Kier alpha value is -2.15. The Labute approximate surface area is 164 Å². The molecule has 3 aromatic rings. The number of nitrogens with zero attached hydrogens (tertiary/aromatic N) is 1. The molecule has 0 bridgehead atoms. The Balaban J connectivity index is 1.55. The van der Waals surface area contributed by atoms with Crippen LogP contribution in [-0.4, -0.2) is 19.9 Å². The number of sulfonamides is 1. The van der Waals surface area contributed by atoms with Crippen molar-refractivity contribution in [3.8, 4) is 0 Å². The molecule has 0 spiro atoms. The average molecular weight is 397 g/mol. The Morgan fingerprint density at radius 1 is 1.07 bits per heavy atom. The number of aromatic nitrogens is 1. The summed E-state index contributed by atoms with van der Waals surface area (Å²) >= 11 is 1.64. The first-order valence-electron chi connectivity index (χ1n) is 8.81. The van der Waals surface area contributed by atoms with Crippen LogP contribution in [0.15, 0.2) is 75.6 Å². The van der Waals surface area contributed by atoms with E-state index in [0.29, 0.717) is 17.9 Å². The average Bonchev–Trinajstić information content (AvgIpc) is 2.66. The fourth-order valence-corrected chi connectivity index (χ4v) is 5.73. The maximum atomic E-state index is 12.8. The second kappa shape index (κ2) is 7.46. The van der Waals surface area contributed by atoms with Crippen LogP contribution < -0.4 is 4.72 Å². The van der Waals surface area contributed by atoms with Gasteiger partial charge >= 0.3 is 0 Å². The van der Waals surface area contributed by atoms with E-state index in [9.17, 15) is 8.42 Å². The first-order chi connectivity index (χ1) is 13.0. The van der Waals surface area contributed by atoms with Gasteiger partial charge in [0.1, 0.15) is 0 Å². The van der Waals surface area contributed by atoms with Crippen molar-refractivity contribution in [1.82, 2.24) is 9.71 Å². The van der Waals surface area contributed by atoms with Gasteiger partial charge in [0, 0.05) is 28.7 Å². The molecule has 0 amide bonds. The molecule has 4 rings (SSSR count). The topological polar surface area (TPSA) is 59.1 Å². The van der Waals surface area contributed by atoms with Crippen molar-refractivity contribution in [3.63, 3.8) is 0 Å². The molecule has 0 unspecified atom stereocenters. The molecule has 27 heavy (non-hydrogen) atoms. The highest BCUT2D eigenvalue weighted by molar-refractivity contribution is 7.99. The van der Waals surface area contributed by atoms with Crippen molar-refractivity contribution in [3.05, 3.63) is 83.2 Å². The summed E-state index contributed by atoms with van der Waals surface area (Å²) in [7, 11) is -3.56. The zero-order chi connectivity index (χ0) is 18.9. The van der Waals surface area contributed by atoms with Crippen LogP contribution in [0.4, 0.5) is 0 Å². The van der Waals surface area contributed by atoms with Gasteiger partial charge in [0.25, 0.3) is 0 Å². The van der Waals surface area contributed by atoms with Crippen LogP contribution in [0, 0.1) is 6.92 Å². The van der Waals surface area contributed by atoms with E-state index >= 15 is 0 Å². The fourth-order valence-electron chi connectivity index (χ4n) is 3.28. The van der Waals surface area contributed by atoms with Gasteiger partial charge < -0.3 is 0 Å². The first kappa shape index (κ1) is 18.2. The lowest BCUT2D eigenvalue weighted by atomic mass is 10.0. The molecular formula is C21H20N2O2S2. The summed E-state index contributed by atoms with van der Waals surface area (Å²) in [5.41, 5.74) is 4.27. The minimum Gasteiger partial charge on any atom is -0.264 e. The van der Waals surface area contributed by atoms with Gasteiger partial charge in [-0.25, -0.2) is 13.1 Å². The van der Waals surface area contributed by atoms with E-state index in [1.54, 1.807) is 24.2 Å². The van der Waals surface area contributed by atoms with E-state index in [4.69, 9.17) is 0 Å². The molecule has 1 aliphatic heterocycles. The normalized spacial score (nSPS) is 13.1. The first-order valence-corrected chi connectivity index (χ1v) is 11.1. The van der Waals surface area contributed by atoms with Crippen LogP contribution in [0.1, 0.15) is 22.3 Å². The quantitative estimate of drug-likeness (QED) is 0.555. The molecule has 0 saturated heterocycles. The molecule has 0 atom stereocenters. The molecular weight excluding hydrogens is 376 g/mol. The number of fused-ring (bicyclic) bond motifs is 2. The number of hydrogen-bond acceptors (Lipinski definition) is 4. The van der Waals surface area contributed by atoms with Crippen molar-refractivity contribution in [1.29, 1.82) is 0 Å². The van der Waals surface area contributed by atoms with Crippen molar-refractivity contribution < 1.29 is 8.42 Å². The predicted molar refractivity (Wildman–Crippen MR) is 108 cm³/mol. The van der Waals surface area contributed by atoms with Gasteiger partial charge in [0.2, 0.25) is 10.0 Å². The standard InChI is InChI=1S/C21H20N2O2S2/c1-15-11-18-12-17-6-2-3-7-19(17)26-20(18)13-21(15)27(24,25)23-10-8-16-5-4-9-22-14-16/h2-7,9,11,13-14,23H,8,10,12H2,1H3. The van der Waals surface area contributed by atoms with Gasteiger partial charge in [-0.15, -0.1) is 0 Å². The van der Waals surface area contributed by atoms with Gasteiger partial charge in [-0.3, -0.25) is 4.98 Å². The van der Waals surface area contributed by atoms with Crippen LogP contribution in [0.3, 0.4) is 0 Å². The lowest BCUT2D eigenvalue weighted by Gasteiger charge is -2.21. The van der Waals surface area contributed by atoms with Gasteiger partial charge in [-0.1, -0.05) is 42.1 Å². The number of benzene rings is 2. The van der Waals surface area contributed by atoms with Gasteiger partial charge in [-0.2, -0.15) is 0 Å². The summed E-state index contributed by atoms with van der Waals surface area (Å²) in [6.45, 7) is 2.21. The summed E-state index contributed by atoms with van der Waals surface area (Å²) in [4.78, 5) is 6.64. The van der Waals surface area contributed by atoms with E-state index in [-0.39, 0.29) is 0 Å². The van der Waals surface area contributed by atoms with Crippen LogP contribution in [0.2, 0.25) is 0 Å². The van der Waals surface area contributed by atoms with Crippen LogP contribution in [-0.2, 0) is 22.9 Å². The number of nitrogens with one attached hydrogen (secondary N) is 1. The number of hydrogen-bond donors (Lipinski definition) is 1. The smallest absolute Gasteiger partial charge is 0.240 e. The summed E-state index contributed by atoms with van der Waals surface area (Å²) in [6, 6.07) is 15.9. The third-order valence-electron chi connectivity index (χ3n) is 4.65. The van der Waals surface area contributed by atoms with Crippen molar-refractivity contribution in [2.75, 3.05) is 6.54 Å². The molecule has 0 radical (unpaired) electrons. The summed E-state index contributed by atoms with van der Waals surface area (Å²) < 4.78 is 28.4. The largest absolute Gasteiger partial charge is 0.264 e. The molecule has 1 aliphatic rings. The minimum absolute atomic E-state index is 0.348. The van der Waals surface area contributed by atoms with Crippen LogP contribution >= 0.6 is 11.8 Å². The Kier molecular flexibility index (Phi) is 5.04. The molecule has 6 heteroatoms. The molecule has 0 aliphatic carbocycles. The van der Waals surface area contributed by atoms with Gasteiger partial charge in [0.05, 0.1) is 4.90 Å². The van der Waals surface area contributed by atoms with Gasteiger partial charge in [0.15, 0.2) is 0 Å². The Morgan fingerprint density at radius 2 is 1.93 bits per heavy atom. The molecule has 2 aromatic carbocycles. The molecule has 0 fully saturated rings. The Bertz CT molecular complexity index is 1080. The van der Waals surface area contributed by atoms with Gasteiger partial charge in [-0.05, 0) is 60.2 Å².